The standard InChI is InChI=1S/C16H16INO2/c1-11-3-2-4-14(15(11)17)16(20)18-9-12-5-7-13(10-19)8-6-12/h2-8,19H,9-10H2,1H3,(H,18,20). The van der Waals surface area contributed by atoms with Gasteiger partial charge in [0.15, 0.2) is 0 Å². The number of hydrogen-bond acceptors (Lipinski definition) is 2. The van der Waals surface area contributed by atoms with Gasteiger partial charge in [0.05, 0.1) is 12.2 Å². The van der Waals surface area contributed by atoms with Crippen LogP contribution in [0.1, 0.15) is 27.0 Å². The Bertz CT molecular complexity index is 608. The van der Waals surface area contributed by atoms with Gasteiger partial charge in [-0.25, -0.2) is 0 Å². The Labute approximate surface area is 132 Å². The van der Waals surface area contributed by atoms with E-state index in [-0.39, 0.29) is 12.5 Å². The van der Waals surface area contributed by atoms with Crippen LogP contribution in [0.2, 0.25) is 0 Å². The molecule has 4 heteroatoms. The van der Waals surface area contributed by atoms with Crippen molar-refractivity contribution >= 4 is 28.5 Å². The number of benzene rings is 2. The first-order chi connectivity index (χ1) is 9.61. The Morgan fingerprint density at radius 3 is 2.45 bits per heavy atom. The summed E-state index contributed by atoms with van der Waals surface area (Å²) in [7, 11) is 0. The van der Waals surface area contributed by atoms with E-state index in [0.717, 1.165) is 20.3 Å². The summed E-state index contributed by atoms with van der Waals surface area (Å²) < 4.78 is 0.984. The highest BCUT2D eigenvalue weighted by atomic mass is 127. The fourth-order valence-electron chi connectivity index (χ4n) is 1.86. The van der Waals surface area contributed by atoms with E-state index in [4.69, 9.17) is 5.11 Å². The number of amides is 1. The van der Waals surface area contributed by atoms with Crippen molar-refractivity contribution in [3.05, 3.63) is 68.3 Å². The average molecular weight is 381 g/mol. The Morgan fingerprint density at radius 2 is 1.80 bits per heavy atom. The number of carbonyl (C=O) groups excluding carboxylic acids is 1. The molecule has 0 bridgehead atoms. The lowest BCUT2D eigenvalue weighted by Gasteiger charge is -2.09. The summed E-state index contributed by atoms with van der Waals surface area (Å²) in [6.45, 7) is 2.51. The average Bonchev–Trinajstić information content (AvgIpc) is 2.48. The summed E-state index contributed by atoms with van der Waals surface area (Å²) in [5.41, 5.74) is 3.69. The van der Waals surface area contributed by atoms with Crippen molar-refractivity contribution in [3.63, 3.8) is 0 Å². The van der Waals surface area contributed by atoms with Crippen LogP contribution in [-0.4, -0.2) is 11.0 Å². The van der Waals surface area contributed by atoms with Crippen molar-refractivity contribution < 1.29 is 9.90 Å². The fourth-order valence-corrected chi connectivity index (χ4v) is 2.47. The van der Waals surface area contributed by atoms with E-state index in [9.17, 15) is 4.79 Å². The summed E-state index contributed by atoms with van der Waals surface area (Å²) in [4.78, 5) is 12.2. The lowest BCUT2D eigenvalue weighted by Crippen LogP contribution is -2.23. The molecule has 0 aliphatic heterocycles. The highest BCUT2D eigenvalue weighted by molar-refractivity contribution is 14.1. The van der Waals surface area contributed by atoms with Crippen molar-refractivity contribution in [2.45, 2.75) is 20.1 Å². The van der Waals surface area contributed by atoms with E-state index in [1.807, 2.05) is 49.4 Å². The number of rotatable bonds is 4. The van der Waals surface area contributed by atoms with E-state index in [1.165, 1.54) is 0 Å². The third kappa shape index (κ3) is 3.58. The Morgan fingerprint density at radius 1 is 1.15 bits per heavy atom. The molecular weight excluding hydrogens is 365 g/mol. The molecule has 0 aromatic heterocycles. The first kappa shape index (κ1) is 15.0. The van der Waals surface area contributed by atoms with Crippen LogP contribution in [0.25, 0.3) is 0 Å². The SMILES string of the molecule is Cc1cccc(C(=O)NCc2ccc(CO)cc2)c1I. The third-order valence-corrected chi connectivity index (χ3v) is 4.53. The minimum atomic E-state index is -0.0654. The molecule has 2 aromatic carbocycles. The van der Waals surface area contributed by atoms with Gasteiger partial charge in [0.2, 0.25) is 0 Å². The number of halogens is 1. The molecule has 2 N–H and O–H groups in total. The predicted molar refractivity (Wildman–Crippen MR) is 87.4 cm³/mol. The van der Waals surface area contributed by atoms with E-state index in [0.29, 0.717) is 12.1 Å². The Hall–Kier alpha value is -1.40. The molecule has 0 saturated carbocycles. The zero-order chi connectivity index (χ0) is 14.5. The summed E-state index contributed by atoms with van der Waals surface area (Å²) in [6, 6.07) is 13.3. The minimum Gasteiger partial charge on any atom is -0.392 e. The molecule has 0 unspecified atom stereocenters. The molecule has 1 amide bonds. The molecule has 0 aliphatic rings. The second-order valence-corrected chi connectivity index (χ2v) is 5.67. The van der Waals surface area contributed by atoms with E-state index in [2.05, 4.69) is 27.9 Å². The zero-order valence-corrected chi connectivity index (χ0v) is 13.3. The minimum absolute atomic E-state index is 0.0358. The van der Waals surface area contributed by atoms with Crippen molar-refractivity contribution in [1.82, 2.24) is 5.32 Å². The third-order valence-electron chi connectivity index (χ3n) is 3.10. The van der Waals surface area contributed by atoms with Gasteiger partial charge in [0, 0.05) is 10.1 Å². The molecule has 0 fully saturated rings. The molecule has 20 heavy (non-hydrogen) atoms. The number of aliphatic hydroxyl groups excluding tert-OH is 1. The van der Waals surface area contributed by atoms with E-state index < -0.39 is 0 Å². The highest BCUT2D eigenvalue weighted by Crippen LogP contribution is 2.16. The largest absolute Gasteiger partial charge is 0.392 e. The highest BCUT2D eigenvalue weighted by Gasteiger charge is 2.10. The second kappa shape index (κ2) is 6.85. The molecule has 3 nitrogen and oxygen atoms in total. The molecule has 2 aromatic rings. The smallest absolute Gasteiger partial charge is 0.252 e. The van der Waals surface area contributed by atoms with Gasteiger partial charge in [-0.15, -0.1) is 0 Å². The van der Waals surface area contributed by atoms with Crippen LogP contribution in [0, 0.1) is 10.5 Å². The van der Waals surface area contributed by atoms with Crippen LogP contribution in [0.4, 0.5) is 0 Å². The first-order valence-corrected chi connectivity index (χ1v) is 7.41. The van der Waals surface area contributed by atoms with Gasteiger partial charge in [0.1, 0.15) is 0 Å². The van der Waals surface area contributed by atoms with Crippen molar-refractivity contribution in [1.29, 1.82) is 0 Å². The molecular formula is C16H16INO2. The van der Waals surface area contributed by atoms with Crippen molar-refractivity contribution in [2.24, 2.45) is 0 Å². The quantitative estimate of drug-likeness (QED) is 0.801. The zero-order valence-electron chi connectivity index (χ0n) is 11.2. The maximum Gasteiger partial charge on any atom is 0.252 e. The number of nitrogens with one attached hydrogen (secondary N) is 1. The molecule has 0 aliphatic carbocycles. The van der Waals surface area contributed by atoms with Crippen LogP contribution in [-0.2, 0) is 13.2 Å². The molecule has 0 radical (unpaired) electrons. The maximum atomic E-state index is 12.2. The summed E-state index contributed by atoms with van der Waals surface area (Å²) in [5.74, 6) is -0.0654. The Kier molecular flexibility index (Phi) is 5.14. The van der Waals surface area contributed by atoms with Crippen LogP contribution >= 0.6 is 22.6 Å². The molecule has 0 saturated heterocycles. The second-order valence-electron chi connectivity index (χ2n) is 4.59. The molecule has 2 rings (SSSR count). The lowest BCUT2D eigenvalue weighted by atomic mass is 10.1. The number of aryl methyl sites for hydroxylation is 1. The predicted octanol–water partition coefficient (Wildman–Crippen LogP) is 3.02. The summed E-state index contributed by atoms with van der Waals surface area (Å²) in [6.07, 6.45) is 0. The lowest BCUT2D eigenvalue weighted by molar-refractivity contribution is 0.0950. The number of aliphatic hydroxyl groups is 1. The normalized spacial score (nSPS) is 10.3. The van der Waals surface area contributed by atoms with Gasteiger partial charge < -0.3 is 10.4 Å². The molecule has 0 spiro atoms. The van der Waals surface area contributed by atoms with Gasteiger partial charge in [-0.3, -0.25) is 4.79 Å². The van der Waals surface area contributed by atoms with Crippen molar-refractivity contribution in [2.75, 3.05) is 0 Å². The molecule has 104 valence electrons. The number of carbonyl (C=O) groups is 1. The molecule has 0 atom stereocenters. The Balaban J connectivity index is 2.02. The summed E-state index contributed by atoms with van der Waals surface area (Å²) >= 11 is 2.20. The number of hydrogen-bond donors (Lipinski definition) is 2. The van der Waals surface area contributed by atoms with Crippen LogP contribution in [0.3, 0.4) is 0 Å². The fraction of sp³-hybridized carbons (Fsp3) is 0.188. The maximum absolute atomic E-state index is 12.2. The monoisotopic (exact) mass is 381 g/mol. The van der Waals surface area contributed by atoms with Gasteiger partial charge in [-0.1, -0.05) is 36.4 Å². The van der Waals surface area contributed by atoms with Crippen LogP contribution < -0.4 is 5.32 Å². The van der Waals surface area contributed by atoms with Gasteiger partial charge in [-0.05, 0) is 52.3 Å². The van der Waals surface area contributed by atoms with Crippen molar-refractivity contribution in [3.8, 4) is 0 Å². The van der Waals surface area contributed by atoms with Gasteiger partial charge in [0.25, 0.3) is 5.91 Å². The van der Waals surface area contributed by atoms with Crippen LogP contribution in [0.15, 0.2) is 42.5 Å². The van der Waals surface area contributed by atoms with Gasteiger partial charge >= 0.3 is 0 Å². The first-order valence-electron chi connectivity index (χ1n) is 6.34. The van der Waals surface area contributed by atoms with E-state index in [1.54, 1.807) is 0 Å². The summed E-state index contributed by atoms with van der Waals surface area (Å²) in [5, 5.41) is 11.9. The van der Waals surface area contributed by atoms with Gasteiger partial charge in [-0.2, -0.15) is 0 Å². The topological polar surface area (TPSA) is 49.3 Å². The van der Waals surface area contributed by atoms with E-state index >= 15 is 0 Å². The molecule has 0 heterocycles. The van der Waals surface area contributed by atoms with Crippen LogP contribution in [0.5, 0.6) is 0 Å².